The number of halogens is 2. The zero-order valence-corrected chi connectivity index (χ0v) is 9.73. The van der Waals surface area contributed by atoms with Crippen LogP contribution in [0.1, 0.15) is 12.5 Å². The quantitative estimate of drug-likeness (QED) is 0.891. The first-order valence-electron chi connectivity index (χ1n) is 4.48. The standard InChI is InChI=1S/C10H11Cl2NO2/c1-2-13-10(14)15-6-7-3-4-8(11)5-9(7)12/h3-5H,2,6H2,1H3,(H,13,14). The van der Waals surface area contributed by atoms with Crippen LogP contribution in [-0.2, 0) is 11.3 Å². The van der Waals surface area contributed by atoms with E-state index < -0.39 is 6.09 Å². The molecular weight excluding hydrogens is 237 g/mol. The second-order valence-electron chi connectivity index (χ2n) is 2.84. The highest BCUT2D eigenvalue weighted by molar-refractivity contribution is 6.35. The minimum Gasteiger partial charge on any atom is -0.445 e. The zero-order valence-electron chi connectivity index (χ0n) is 8.22. The van der Waals surface area contributed by atoms with Crippen molar-refractivity contribution >= 4 is 29.3 Å². The number of alkyl carbamates (subject to hydrolysis) is 1. The number of nitrogens with one attached hydrogen (secondary N) is 1. The summed E-state index contributed by atoms with van der Waals surface area (Å²) in [5, 5.41) is 3.57. The molecule has 1 aromatic carbocycles. The lowest BCUT2D eigenvalue weighted by molar-refractivity contribution is 0.140. The molecule has 0 aliphatic heterocycles. The van der Waals surface area contributed by atoms with Crippen molar-refractivity contribution in [3.63, 3.8) is 0 Å². The Hall–Kier alpha value is -0.930. The van der Waals surface area contributed by atoms with Gasteiger partial charge in [0, 0.05) is 22.2 Å². The Labute approximate surface area is 98.3 Å². The maximum absolute atomic E-state index is 11.0. The summed E-state index contributed by atoms with van der Waals surface area (Å²) < 4.78 is 4.91. The van der Waals surface area contributed by atoms with Crippen molar-refractivity contribution in [3.05, 3.63) is 33.8 Å². The van der Waals surface area contributed by atoms with Gasteiger partial charge in [-0.15, -0.1) is 0 Å². The molecule has 0 unspecified atom stereocenters. The molecule has 0 heterocycles. The molecule has 0 aliphatic carbocycles. The maximum atomic E-state index is 11.0. The number of ether oxygens (including phenoxy) is 1. The average Bonchev–Trinajstić information content (AvgIpc) is 2.17. The molecule has 0 aliphatic rings. The molecule has 0 spiro atoms. The van der Waals surface area contributed by atoms with Crippen molar-refractivity contribution in [1.82, 2.24) is 5.32 Å². The topological polar surface area (TPSA) is 38.3 Å². The number of hydrogen-bond donors (Lipinski definition) is 1. The Kier molecular flexibility index (Phi) is 4.72. The van der Waals surface area contributed by atoms with Gasteiger partial charge in [-0.3, -0.25) is 0 Å². The first-order chi connectivity index (χ1) is 7.13. The summed E-state index contributed by atoms with van der Waals surface area (Å²) in [4.78, 5) is 11.0. The molecule has 82 valence electrons. The number of carbonyl (C=O) groups excluding carboxylic acids is 1. The summed E-state index contributed by atoms with van der Waals surface area (Å²) in [5.41, 5.74) is 0.729. The molecular formula is C10H11Cl2NO2. The van der Waals surface area contributed by atoms with Crippen LogP contribution in [0.5, 0.6) is 0 Å². The van der Waals surface area contributed by atoms with Gasteiger partial charge in [-0.25, -0.2) is 4.79 Å². The third-order valence-corrected chi connectivity index (χ3v) is 2.28. The van der Waals surface area contributed by atoms with E-state index in [4.69, 9.17) is 27.9 Å². The van der Waals surface area contributed by atoms with Gasteiger partial charge in [-0.05, 0) is 19.1 Å². The lowest BCUT2D eigenvalue weighted by Crippen LogP contribution is -2.23. The first kappa shape index (κ1) is 12.1. The van der Waals surface area contributed by atoms with Crippen LogP contribution in [0.2, 0.25) is 10.0 Å². The smallest absolute Gasteiger partial charge is 0.407 e. The van der Waals surface area contributed by atoms with E-state index in [1.54, 1.807) is 18.2 Å². The van der Waals surface area contributed by atoms with E-state index in [1.807, 2.05) is 6.92 Å². The van der Waals surface area contributed by atoms with Gasteiger partial charge in [0.1, 0.15) is 6.61 Å². The van der Waals surface area contributed by atoms with Crippen LogP contribution in [0, 0.1) is 0 Å². The molecule has 0 fully saturated rings. The van der Waals surface area contributed by atoms with E-state index in [2.05, 4.69) is 5.32 Å². The molecule has 0 saturated heterocycles. The third kappa shape index (κ3) is 3.98. The van der Waals surface area contributed by atoms with E-state index >= 15 is 0 Å². The fraction of sp³-hybridized carbons (Fsp3) is 0.300. The first-order valence-corrected chi connectivity index (χ1v) is 5.23. The monoisotopic (exact) mass is 247 g/mol. The second-order valence-corrected chi connectivity index (χ2v) is 3.69. The Bertz CT molecular complexity index is 355. The molecule has 3 nitrogen and oxygen atoms in total. The van der Waals surface area contributed by atoms with Crippen molar-refractivity contribution in [2.24, 2.45) is 0 Å². The normalized spacial score (nSPS) is 9.80. The van der Waals surface area contributed by atoms with Crippen LogP contribution in [0.4, 0.5) is 4.79 Å². The number of rotatable bonds is 3. The van der Waals surface area contributed by atoms with Crippen LogP contribution in [0.15, 0.2) is 18.2 Å². The van der Waals surface area contributed by atoms with Gasteiger partial charge in [0.15, 0.2) is 0 Å². The number of amides is 1. The molecule has 5 heteroatoms. The van der Waals surface area contributed by atoms with Crippen molar-refractivity contribution < 1.29 is 9.53 Å². The van der Waals surface area contributed by atoms with Crippen LogP contribution >= 0.6 is 23.2 Å². The summed E-state index contributed by atoms with van der Waals surface area (Å²) in [6.45, 7) is 2.49. The maximum Gasteiger partial charge on any atom is 0.407 e. The molecule has 0 bridgehead atoms. The van der Waals surface area contributed by atoms with E-state index in [-0.39, 0.29) is 6.61 Å². The zero-order chi connectivity index (χ0) is 11.3. The van der Waals surface area contributed by atoms with Gasteiger partial charge in [-0.2, -0.15) is 0 Å². The van der Waals surface area contributed by atoms with Crippen molar-refractivity contribution in [2.45, 2.75) is 13.5 Å². The SMILES string of the molecule is CCNC(=O)OCc1ccc(Cl)cc1Cl. The second kappa shape index (κ2) is 5.83. The minimum atomic E-state index is -0.455. The Balaban J connectivity index is 2.54. The highest BCUT2D eigenvalue weighted by Crippen LogP contribution is 2.21. The minimum absolute atomic E-state index is 0.141. The summed E-state index contributed by atoms with van der Waals surface area (Å²) in [6, 6.07) is 5.03. The molecule has 0 radical (unpaired) electrons. The Morgan fingerprint density at radius 1 is 1.47 bits per heavy atom. The van der Waals surface area contributed by atoms with Crippen LogP contribution < -0.4 is 5.32 Å². The number of carbonyl (C=O) groups is 1. The van der Waals surface area contributed by atoms with E-state index in [9.17, 15) is 4.79 Å². The van der Waals surface area contributed by atoms with Crippen molar-refractivity contribution in [1.29, 1.82) is 0 Å². The van der Waals surface area contributed by atoms with Gasteiger partial charge < -0.3 is 10.1 Å². The Morgan fingerprint density at radius 2 is 2.20 bits per heavy atom. The van der Waals surface area contributed by atoms with Crippen LogP contribution in [-0.4, -0.2) is 12.6 Å². The van der Waals surface area contributed by atoms with Gasteiger partial charge in [0.05, 0.1) is 0 Å². The fourth-order valence-corrected chi connectivity index (χ4v) is 1.44. The van der Waals surface area contributed by atoms with Crippen LogP contribution in [0.25, 0.3) is 0 Å². The fourth-order valence-electron chi connectivity index (χ4n) is 0.977. The summed E-state index contributed by atoms with van der Waals surface area (Å²) in [6.07, 6.45) is -0.455. The average molecular weight is 248 g/mol. The molecule has 1 aromatic rings. The largest absolute Gasteiger partial charge is 0.445 e. The predicted octanol–water partition coefficient (Wildman–Crippen LogP) is 3.24. The van der Waals surface area contributed by atoms with Crippen molar-refractivity contribution in [2.75, 3.05) is 6.54 Å². The Morgan fingerprint density at radius 3 is 2.80 bits per heavy atom. The summed E-state index contributed by atoms with van der Waals surface area (Å²) in [7, 11) is 0. The third-order valence-electron chi connectivity index (χ3n) is 1.69. The van der Waals surface area contributed by atoms with E-state index in [0.29, 0.717) is 16.6 Å². The van der Waals surface area contributed by atoms with Gasteiger partial charge in [0.25, 0.3) is 0 Å². The highest BCUT2D eigenvalue weighted by Gasteiger charge is 2.04. The van der Waals surface area contributed by atoms with Gasteiger partial charge >= 0.3 is 6.09 Å². The lowest BCUT2D eigenvalue weighted by atomic mass is 10.2. The van der Waals surface area contributed by atoms with Crippen LogP contribution in [0.3, 0.4) is 0 Å². The lowest BCUT2D eigenvalue weighted by Gasteiger charge is -2.06. The molecule has 15 heavy (non-hydrogen) atoms. The molecule has 0 aromatic heterocycles. The molecule has 0 saturated carbocycles. The molecule has 0 atom stereocenters. The predicted molar refractivity (Wildman–Crippen MR) is 60.3 cm³/mol. The summed E-state index contributed by atoms with van der Waals surface area (Å²) >= 11 is 11.6. The van der Waals surface area contributed by atoms with Gasteiger partial charge in [-0.1, -0.05) is 29.3 Å². The number of hydrogen-bond acceptors (Lipinski definition) is 2. The molecule has 1 N–H and O–H groups in total. The molecule has 1 rings (SSSR count). The van der Waals surface area contributed by atoms with Gasteiger partial charge in [0.2, 0.25) is 0 Å². The summed E-state index contributed by atoms with van der Waals surface area (Å²) in [5.74, 6) is 0. The van der Waals surface area contributed by atoms with E-state index in [0.717, 1.165) is 5.56 Å². The highest BCUT2D eigenvalue weighted by atomic mass is 35.5. The van der Waals surface area contributed by atoms with E-state index in [1.165, 1.54) is 0 Å². The molecule has 1 amide bonds. The van der Waals surface area contributed by atoms with Crippen molar-refractivity contribution in [3.8, 4) is 0 Å². The number of benzene rings is 1.